The number of aromatic nitrogens is 5. The Morgan fingerprint density at radius 2 is 1.68 bits per heavy atom. The van der Waals surface area contributed by atoms with Gasteiger partial charge in [0, 0.05) is 18.2 Å². The number of fused-ring (bicyclic) bond motifs is 2. The quantitative estimate of drug-likeness (QED) is 0.279. The third kappa shape index (κ3) is 5.22. The molecular formula is C31H31N5O5. The summed E-state index contributed by atoms with van der Waals surface area (Å²) in [6.07, 6.45) is 4.44. The zero-order valence-corrected chi connectivity index (χ0v) is 22.8. The average Bonchev–Trinajstić information content (AvgIpc) is 3.74. The molecule has 10 heteroatoms. The number of ether oxygens (including phenoxy) is 3. The molecule has 0 amide bonds. The van der Waals surface area contributed by atoms with Crippen LogP contribution in [0.2, 0.25) is 0 Å². The van der Waals surface area contributed by atoms with Crippen LogP contribution < -0.4 is 4.74 Å². The minimum atomic E-state index is -0.771. The highest BCUT2D eigenvalue weighted by Gasteiger charge is 2.48. The molecule has 7 rings (SSSR count). The lowest BCUT2D eigenvalue weighted by molar-refractivity contribution is 0.00706. The summed E-state index contributed by atoms with van der Waals surface area (Å²) < 4.78 is 19.1. The molecule has 10 nitrogen and oxygen atoms in total. The third-order valence-electron chi connectivity index (χ3n) is 7.51. The Hall–Kier alpha value is -4.09. The Bertz CT molecular complexity index is 1670. The van der Waals surface area contributed by atoms with Crippen LogP contribution >= 0.6 is 0 Å². The summed E-state index contributed by atoms with van der Waals surface area (Å²) in [5, 5.41) is 24.5. The summed E-state index contributed by atoms with van der Waals surface area (Å²) in [5.74, 6) is 0. The number of imidazole rings is 1. The van der Waals surface area contributed by atoms with E-state index in [1.807, 2.05) is 29.1 Å². The summed E-state index contributed by atoms with van der Waals surface area (Å²) in [6.45, 7) is 4.18. The van der Waals surface area contributed by atoms with Gasteiger partial charge in [0.2, 0.25) is 0 Å². The van der Waals surface area contributed by atoms with Gasteiger partial charge in [0.25, 0.3) is 6.01 Å². The highest BCUT2D eigenvalue weighted by molar-refractivity contribution is 5.80. The van der Waals surface area contributed by atoms with Crippen molar-refractivity contribution >= 4 is 11.0 Å². The lowest BCUT2D eigenvalue weighted by Gasteiger charge is -2.15. The molecule has 5 heterocycles. The van der Waals surface area contributed by atoms with Crippen LogP contribution in [-0.2, 0) is 15.9 Å². The predicted molar refractivity (Wildman–Crippen MR) is 152 cm³/mol. The first kappa shape index (κ1) is 25.8. The van der Waals surface area contributed by atoms with Crippen molar-refractivity contribution in [1.29, 1.82) is 0 Å². The summed E-state index contributed by atoms with van der Waals surface area (Å²) in [5.41, 5.74) is 6.68. The molecule has 5 aromatic rings. The van der Waals surface area contributed by atoms with E-state index in [1.165, 1.54) is 0 Å². The molecule has 0 bridgehead atoms. The first-order valence-corrected chi connectivity index (χ1v) is 13.7. The maximum Gasteiger partial charge on any atom is 0.295 e. The van der Waals surface area contributed by atoms with E-state index in [-0.39, 0.29) is 24.9 Å². The molecule has 4 atom stereocenters. The van der Waals surface area contributed by atoms with Gasteiger partial charge in [0.05, 0.1) is 53.6 Å². The largest absolute Gasteiger partial charge is 0.456 e. The van der Waals surface area contributed by atoms with E-state index in [2.05, 4.69) is 56.4 Å². The minimum Gasteiger partial charge on any atom is -0.456 e. The van der Waals surface area contributed by atoms with Gasteiger partial charge in [-0.1, -0.05) is 36.4 Å². The maximum atomic E-state index is 10.1. The molecular weight excluding hydrogens is 522 g/mol. The Morgan fingerprint density at radius 3 is 2.44 bits per heavy atom. The van der Waals surface area contributed by atoms with Crippen LogP contribution in [0.1, 0.15) is 19.4 Å². The summed E-state index contributed by atoms with van der Waals surface area (Å²) >= 11 is 0. The third-order valence-corrected chi connectivity index (χ3v) is 7.51. The number of aliphatic hydroxyl groups is 2. The van der Waals surface area contributed by atoms with E-state index in [4.69, 9.17) is 14.2 Å². The van der Waals surface area contributed by atoms with E-state index >= 15 is 0 Å². The van der Waals surface area contributed by atoms with Gasteiger partial charge in [0.15, 0.2) is 6.10 Å². The molecule has 2 fully saturated rings. The molecule has 41 heavy (non-hydrogen) atoms. The van der Waals surface area contributed by atoms with Crippen molar-refractivity contribution in [3.05, 3.63) is 78.8 Å². The van der Waals surface area contributed by atoms with Crippen molar-refractivity contribution in [3.63, 3.8) is 0 Å². The number of pyridine rings is 1. The zero-order valence-electron chi connectivity index (χ0n) is 22.8. The zero-order chi connectivity index (χ0) is 28.1. The molecule has 4 unspecified atom stereocenters. The molecule has 0 saturated carbocycles. The number of hydrogen-bond acceptors (Lipinski definition) is 8. The van der Waals surface area contributed by atoms with E-state index in [1.54, 1.807) is 26.2 Å². The number of rotatable bonds is 7. The van der Waals surface area contributed by atoms with Crippen molar-refractivity contribution in [2.75, 3.05) is 13.2 Å². The molecule has 2 saturated heterocycles. The molecule has 210 valence electrons. The first-order chi connectivity index (χ1) is 19.8. The fourth-order valence-electron chi connectivity index (χ4n) is 5.52. The summed E-state index contributed by atoms with van der Waals surface area (Å²) in [6, 6.07) is 18.8. The van der Waals surface area contributed by atoms with Crippen molar-refractivity contribution < 1.29 is 24.4 Å². The van der Waals surface area contributed by atoms with E-state index < -0.39 is 11.7 Å². The van der Waals surface area contributed by atoms with Crippen LogP contribution in [0.3, 0.4) is 0 Å². The Kier molecular flexibility index (Phi) is 6.35. The van der Waals surface area contributed by atoms with Crippen LogP contribution in [-0.4, -0.2) is 78.2 Å². The molecule has 0 spiro atoms. The van der Waals surface area contributed by atoms with Gasteiger partial charge in [0.1, 0.15) is 18.3 Å². The topological polar surface area (TPSA) is 128 Å². The van der Waals surface area contributed by atoms with Crippen LogP contribution in [0.5, 0.6) is 6.01 Å². The van der Waals surface area contributed by atoms with Gasteiger partial charge in [-0.15, -0.1) is 0 Å². The van der Waals surface area contributed by atoms with E-state index in [0.717, 1.165) is 44.7 Å². The number of H-pyrrole nitrogens is 1. The van der Waals surface area contributed by atoms with Crippen molar-refractivity contribution in [3.8, 4) is 34.1 Å². The molecule has 2 aliphatic rings. The standard InChI is InChI=1S/C31H31N5O5/c1-31(2,38)12-18-13-33-36(15-18)22-9-7-20(8-10-22)19-3-5-21(6-4-19)23-11-24-25(14-32-23)35-30(34-24)41-27-17-40-28-26(37)16-39-29(27)28/h3-11,13-15,26-29,37-38H,12,16-17H2,1-2H3,(H,34,35). The summed E-state index contributed by atoms with van der Waals surface area (Å²) in [4.78, 5) is 12.4. The first-order valence-electron chi connectivity index (χ1n) is 13.7. The van der Waals surface area contributed by atoms with Crippen molar-refractivity contribution in [2.24, 2.45) is 0 Å². The molecule has 0 aliphatic carbocycles. The Balaban J connectivity index is 1.04. The molecule has 2 aromatic carbocycles. The van der Waals surface area contributed by atoms with Crippen LogP contribution in [0, 0.1) is 0 Å². The summed E-state index contributed by atoms with van der Waals surface area (Å²) in [7, 11) is 0. The van der Waals surface area contributed by atoms with E-state index in [9.17, 15) is 10.2 Å². The normalized spacial score (nSPS) is 22.3. The van der Waals surface area contributed by atoms with E-state index in [0.29, 0.717) is 19.0 Å². The van der Waals surface area contributed by atoms with Crippen molar-refractivity contribution in [1.82, 2.24) is 24.7 Å². The Morgan fingerprint density at radius 1 is 0.976 bits per heavy atom. The second kappa shape index (κ2) is 10.1. The lowest BCUT2D eigenvalue weighted by Crippen LogP contribution is -2.34. The van der Waals surface area contributed by atoms with Crippen LogP contribution in [0.25, 0.3) is 39.1 Å². The van der Waals surface area contributed by atoms with Gasteiger partial charge in [-0.2, -0.15) is 10.1 Å². The molecule has 0 radical (unpaired) electrons. The fraction of sp³-hybridized carbons (Fsp3) is 0.323. The SMILES string of the molecule is CC(C)(O)Cc1cnn(-c2ccc(-c3ccc(-c4cc5nc(OC6COC7C(O)COC67)[nH]c5cn4)cc3)cc2)c1. The number of nitrogens with zero attached hydrogens (tertiary/aromatic N) is 4. The van der Waals surface area contributed by atoms with Gasteiger partial charge < -0.3 is 29.4 Å². The van der Waals surface area contributed by atoms with Gasteiger partial charge in [-0.25, -0.2) is 4.68 Å². The number of nitrogens with one attached hydrogen (secondary N) is 1. The van der Waals surface area contributed by atoms with Crippen LogP contribution in [0.4, 0.5) is 0 Å². The average molecular weight is 554 g/mol. The molecule has 3 aromatic heterocycles. The highest BCUT2D eigenvalue weighted by Crippen LogP contribution is 2.31. The minimum absolute atomic E-state index is 0.254. The second-order valence-corrected chi connectivity index (χ2v) is 11.4. The van der Waals surface area contributed by atoms with Crippen LogP contribution in [0.15, 0.2) is 73.2 Å². The number of hydrogen-bond donors (Lipinski definition) is 3. The monoisotopic (exact) mass is 553 g/mol. The smallest absolute Gasteiger partial charge is 0.295 e. The second-order valence-electron chi connectivity index (χ2n) is 11.4. The van der Waals surface area contributed by atoms with Crippen molar-refractivity contribution in [2.45, 2.75) is 50.3 Å². The highest BCUT2D eigenvalue weighted by atomic mass is 16.6. The number of aromatic amines is 1. The number of aliphatic hydroxyl groups excluding tert-OH is 1. The number of benzene rings is 2. The molecule has 2 aliphatic heterocycles. The Labute approximate surface area is 236 Å². The van der Waals surface area contributed by atoms with Gasteiger partial charge in [-0.05, 0) is 48.7 Å². The molecule has 3 N–H and O–H groups in total. The predicted octanol–water partition coefficient (Wildman–Crippen LogP) is 3.70. The lowest BCUT2D eigenvalue weighted by atomic mass is 10.0. The van der Waals surface area contributed by atoms with Gasteiger partial charge >= 0.3 is 0 Å². The van der Waals surface area contributed by atoms with Gasteiger partial charge in [-0.3, -0.25) is 4.98 Å². The fourth-order valence-corrected chi connectivity index (χ4v) is 5.52. The maximum absolute atomic E-state index is 10.1.